The van der Waals surface area contributed by atoms with E-state index in [1.807, 2.05) is 30.3 Å². The molecule has 5 heteroatoms. The van der Waals surface area contributed by atoms with E-state index in [1.165, 1.54) is 0 Å². The summed E-state index contributed by atoms with van der Waals surface area (Å²) in [6.45, 7) is 0. The number of nitrogens with one attached hydrogen (secondary N) is 1. The number of methoxy groups -OCH3 is 1. The van der Waals surface area contributed by atoms with Crippen molar-refractivity contribution in [2.45, 2.75) is 6.04 Å². The van der Waals surface area contributed by atoms with E-state index in [1.54, 1.807) is 19.5 Å². The van der Waals surface area contributed by atoms with Crippen molar-refractivity contribution >= 4 is 17.4 Å². The van der Waals surface area contributed by atoms with E-state index in [-0.39, 0.29) is 6.04 Å². The Balaban J connectivity index is 2.15. The molecule has 1 aromatic heterocycles. The van der Waals surface area contributed by atoms with E-state index in [0.29, 0.717) is 17.6 Å². The zero-order chi connectivity index (χ0) is 12.8. The molecule has 0 saturated heterocycles. The van der Waals surface area contributed by atoms with E-state index >= 15 is 0 Å². The van der Waals surface area contributed by atoms with Crippen molar-refractivity contribution < 1.29 is 4.74 Å². The molecule has 0 radical (unpaired) electrons. The quantitative estimate of drug-likeness (QED) is 0.843. The topological polar surface area (TPSA) is 47.0 Å². The number of halogens is 1. The minimum absolute atomic E-state index is 0.00530. The lowest BCUT2D eigenvalue weighted by Crippen LogP contribution is -2.13. The van der Waals surface area contributed by atoms with Crippen LogP contribution in [0.4, 0.5) is 5.82 Å². The molecule has 1 unspecified atom stereocenters. The third-order valence-corrected chi connectivity index (χ3v) is 2.81. The second-order valence-electron chi connectivity index (χ2n) is 3.71. The number of hydrogen-bond acceptors (Lipinski definition) is 4. The highest BCUT2D eigenvalue weighted by Gasteiger charge is 2.10. The Kier molecular flexibility index (Phi) is 4.36. The summed E-state index contributed by atoms with van der Waals surface area (Å²) in [7, 11) is 1.56. The van der Waals surface area contributed by atoms with Crippen LogP contribution in [0.5, 0.6) is 5.88 Å². The van der Waals surface area contributed by atoms with Crippen molar-refractivity contribution in [1.29, 1.82) is 0 Å². The molecule has 18 heavy (non-hydrogen) atoms. The summed E-state index contributed by atoms with van der Waals surface area (Å²) >= 11 is 5.98. The molecule has 1 aromatic carbocycles. The smallest absolute Gasteiger partial charge is 0.233 e. The Morgan fingerprint density at radius 3 is 2.72 bits per heavy atom. The van der Waals surface area contributed by atoms with Gasteiger partial charge in [0.05, 0.1) is 25.5 Å². The van der Waals surface area contributed by atoms with Crippen LogP contribution < -0.4 is 10.1 Å². The van der Waals surface area contributed by atoms with E-state index < -0.39 is 0 Å². The highest BCUT2D eigenvalue weighted by Crippen LogP contribution is 2.20. The number of anilines is 1. The number of aromatic nitrogens is 2. The summed E-state index contributed by atoms with van der Waals surface area (Å²) in [5.74, 6) is 1.56. The van der Waals surface area contributed by atoms with Gasteiger partial charge in [-0.15, -0.1) is 11.6 Å². The highest BCUT2D eigenvalue weighted by atomic mass is 35.5. The summed E-state index contributed by atoms with van der Waals surface area (Å²) in [6.07, 6.45) is 3.20. The third-order valence-electron chi connectivity index (χ3n) is 2.50. The summed E-state index contributed by atoms with van der Waals surface area (Å²) < 4.78 is 5.03. The van der Waals surface area contributed by atoms with Gasteiger partial charge in [0, 0.05) is 5.88 Å². The van der Waals surface area contributed by atoms with E-state index in [0.717, 1.165) is 5.56 Å². The first-order chi connectivity index (χ1) is 8.83. The molecule has 4 nitrogen and oxygen atoms in total. The zero-order valence-electron chi connectivity index (χ0n) is 10.0. The molecule has 1 N–H and O–H groups in total. The number of hydrogen-bond donors (Lipinski definition) is 1. The first-order valence-corrected chi connectivity index (χ1v) is 6.10. The average Bonchev–Trinajstić information content (AvgIpc) is 2.46. The summed E-state index contributed by atoms with van der Waals surface area (Å²) in [6, 6.07) is 9.97. The van der Waals surface area contributed by atoms with Gasteiger partial charge in [0.1, 0.15) is 5.82 Å². The fourth-order valence-electron chi connectivity index (χ4n) is 1.59. The highest BCUT2D eigenvalue weighted by molar-refractivity contribution is 6.18. The number of nitrogens with zero attached hydrogens (tertiary/aromatic N) is 2. The predicted molar refractivity (Wildman–Crippen MR) is 72.1 cm³/mol. The van der Waals surface area contributed by atoms with Crippen LogP contribution in [0.1, 0.15) is 11.6 Å². The van der Waals surface area contributed by atoms with Crippen molar-refractivity contribution in [3.05, 3.63) is 48.3 Å². The van der Waals surface area contributed by atoms with Gasteiger partial charge in [-0.2, -0.15) is 4.98 Å². The lowest BCUT2D eigenvalue weighted by atomic mass is 10.1. The van der Waals surface area contributed by atoms with Crippen molar-refractivity contribution in [3.8, 4) is 5.88 Å². The molecule has 0 fully saturated rings. The summed E-state index contributed by atoms with van der Waals surface area (Å²) in [5.41, 5.74) is 1.11. The third kappa shape index (κ3) is 3.11. The van der Waals surface area contributed by atoms with Crippen molar-refractivity contribution in [3.63, 3.8) is 0 Å². The molecule has 0 spiro atoms. The Bertz CT molecular complexity index is 493. The predicted octanol–water partition coefficient (Wildman–Crippen LogP) is 2.88. The van der Waals surface area contributed by atoms with Crippen molar-refractivity contribution in [2.75, 3.05) is 18.3 Å². The minimum Gasteiger partial charge on any atom is -0.480 e. The Morgan fingerprint density at radius 2 is 2.06 bits per heavy atom. The minimum atomic E-state index is -0.00530. The van der Waals surface area contributed by atoms with Crippen molar-refractivity contribution in [2.24, 2.45) is 0 Å². The molecule has 1 atom stereocenters. The van der Waals surface area contributed by atoms with Crippen LogP contribution in [0.25, 0.3) is 0 Å². The Morgan fingerprint density at radius 1 is 1.28 bits per heavy atom. The Hall–Kier alpha value is -1.81. The number of ether oxygens (including phenoxy) is 1. The van der Waals surface area contributed by atoms with E-state index in [4.69, 9.17) is 16.3 Å². The van der Waals surface area contributed by atoms with Gasteiger partial charge in [-0.1, -0.05) is 30.3 Å². The van der Waals surface area contributed by atoms with Crippen LogP contribution in [0, 0.1) is 0 Å². The van der Waals surface area contributed by atoms with Gasteiger partial charge in [0.25, 0.3) is 0 Å². The molecule has 0 saturated carbocycles. The van der Waals surface area contributed by atoms with Crippen molar-refractivity contribution in [1.82, 2.24) is 9.97 Å². The second-order valence-corrected chi connectivity index (χ2v) is 4.02. The normalized spacial score (nSPS) is 11.9. The molecule has 0 aliphatic carbocycles. The molecular weight excluding hydrogens is 250 g/mol. The molecule has 94 valence electrons. The van der Waals surface area contributed by atoms with E-state index in [2.05, 4.69) is 15.3 Å². The van der Waals surface area contributed by atoms with Crippen LogP contribution in [0.3, 0.4) is 0 Å². The van der Waals surface area contributed by atoms with Gasteiger partial charge >= 0.3 is 0 Å². The van der Waals surface area contributed by atoms with Gasteiger partial charge in [-0.25, -0.2) is 0 Å². The monoisotopic (exact) mass is 263 g/mol. The first-order valence-electron chi connectivity index (χ1n) is 5.57. The molecule has 2 rings (SSSR count). The zero-order valence-corrected chi connectivity index (χ0v) is 10.8. The fraction of sp³-hybridized carbons (Fsp3) is 0.231. The van der Waals surface area contributed by atoms with Gasteiger partial charge in [0.15, 0.2) is 0 Å². The SMILES string of the molecule is COc1cncc(NC(CCl)c2ccccc2)n1. The van der Waals surface area contributed by atoms with Crippen LogP contribution in [-0.4, -0.2) is 23.0 Å². The first kappa shape index (κ1) is 12.6. The standard InChI is InChI=1S/C13H14ClN3O/c1-18-13-9-15-8-12(17-13)16-11(7-14)10-5-3-2-4-6-10/h2-6,8-9,11H,7H2,1H3,(H,16,17). The molecular formula is C13H14ClN3O. The van der Waals surface area contributed by atoms with Crippen LogP contribution in [0.15, 0.2) is 42.7 Å². The molecule has 0 bridgehead atoms. The number of benzene rings is 1. The lowest BCUT2D eigenvalue weighted by Gasteiger charge is -2.17. The number of alkyl halides is 1. The van der Waals surface area contributed by atoms with Crippen LogP contribution in [0.2, 0.25) is 0 Å². The van der Waals surface area contributed by atoms with Gasteiger partial charge in [-0.3, -0.25) is 4.98 Å². The maximum Gasteiger partial charge on any atom is 0.233 e. The van der Waals surface area contributed by atoms with E-state index in [9.17, 15) is 0 Å². The van der Waals surface area contributed by atoms with Gasteiger partial charge in [-0.05, 0) is 5.56 Å². The van der Waals surface area contributed by atoms with Crippen LogP contribution in [-0.2, 0) is 0 Å². The number of rotatable bonds is 5. The van der Waals surface area contributed by atoms with Gasteiger partial charge in [0.2, 0.25) is 5.88 Å². The lowest BCUT2D eigenvalue weighted by molar-refractivity contribution is 0.396. The largest absolute Gasteiger partial charge is 0.480 e. The Labute approximate surface area is 111 Å². The molecule has 0 aliphatic rings. The molecule has 1 heterocycles. The second kappa shape index (κ2) is 6.21. The fourth-order valence-corrected chi connectivity index (χ4v) is 1.85. The van der Waals surface area contributed by atoms with Gasteiger partial charge < -0.3 is 10.1 Å². The summed E-state index contributed by atoms with van der Waals surface area (Å²) in [4.78, 5) is 8.29. The molecule has 2 aromatic rings. The molecule has 0 aliphatic heterocycles. The summed E-state index contributed by atoms with van der Waals surface area (Å²) in [5, 5.41) is 3.23. The molecule has 0 amide bonds. The maximum absolute atomic E-state index is 5.98. The van der Waals surface area contributed by atoms with Crippen LogP contribution >= 0.6 is 11.6 Å². The maximum atomic E-state index is 5.98. The average molecular weight is 264 g/mol.